The Labute approximate surface area is 92.1 Å². The molecule has 1 fully saturated rings. The van der Waals surface area contributed by atoms with Gasteiger partial charge in [-0.3, -0.25) is 0 Å². The topological polar surface area (TPSA) is 20.2 Å². The highest BCUT2D eigenvalue weighted by atomic mass is 16.3. The molecule has 1 aromatic carbocycles. The molecule has 1 N–H and O–H groups in total. The van der Waals surface area contributed by atoms with Gasteiger partial charge in [-0.2, -0.15) is 0 Å². The van der Waals surface area contributed by atoms with Gasteiger partial charge in [0, 0.05) is 0 Å². The minimum atomic E-state index is -0.612. The third-order valence-electron chi connectivity index (χ3n) is 4.01. The lowest BCUT2D eigenvalue weighted by atomic mass is 9.66. The zero-order valence-electron chi connectivity index (χ0n) is 9.61. The summed E-state index contributed by atoms with van der Waals surface area (Å²) in [7, 11) is 0. The van der Waals surface area contributed by atoms with Crippen LogP contribution < -0.4 is 0 Å². The lowest BCUT2D eigenvalue weighted by Gasteiger charge is -2.43. The Morgan fingerprint density at radius 2 is 1.60 bits per heavy atom. The Bertz CT molecular complexity index is 307. The minimum Gasteiger partial charge on any atom is -0.385 e. The van der Waals surface area contributed by atoms with Crippen molar-refractivity contribution in [2.24, 2.45) is 11.8 Å². The second-order valence-corrected chi connectivity index (χ2v) is 4.92. The van der Waals surface area contributed by atoms with E-state index in [9.17, 15) is 5.11 Å². The van der Waals surface area contributed by atoms with E-state index in [2.05, 4.69) is 26.0 Å². The maximum Gasteiger partial charge on any atom is 0.0947 e. The molecule has 1 aliphatic carbocycles. The fourth-order valence-corrected chi connectivity index (χ4v) is 2.93. The van der Waals surface area contributed by atoms with E-state index < -0.39 is 5.60 Å². The van der Waals surface area contributed by atoms with Crippen molar-refractivity contribution in [1.82, 2.24) is 0 Å². The van der Waals surface area contributed by atoms with E-state index in [1.165, 1.54) is 6.42 Å². The Balaban J connectivity index is 2.38. The van der Waals surface area contributed by atoms with Crippen LogP contribution in [0.15, 0.2) is 30.3 Å². The van der Waals surface area contributed by atoms with Crippen LogP contribution >= 0.6 is 0 Å². The van der Waals surface area contributed by atoms with Crippen LogP contribution in [0, 0.1) is 11.8 Å². The van der Waals surface area contributed by atoms with Gasteiger partial charge in [-0.15, -0.1) is 0 Å². The third-order valence-corrected chi connectivity index (χ3v) is 4.01. The summed E-state index contributed by atoms with van der Waals surface area (Å²) in [5, 5.41) is 10.9. The number of hydrogen-bond acceptors (Lipinski definition) is 1. The maximum absolute atomic E-state index is 10.9. The number of aliphatic hydroxyl groups is 1. The molecule has 1 nitrogen and oxygen atoms in total. The third kappa shape index (κ3) is 1.69. The first kappa shape index (κ1) is 10.7. The van der Waals surface area contributed by atoms with Gasteiger partial charge in [0.1, 0.15) is 0 Å². The van der Waals surface area contributed by atoms with E-state index in [0.29, 0.717) is 11.8 Å². The van der Waals surface area contributed by atoms with Gasteiger partial charge in [0.2, 0.25) is 0 Å². The summed E-state index contributed by atoms with van der Waals surface area (Å²) in [4.78, 5) is 0. The highest BCUT2D eigenvalue weighted by Gasteiger charge is 2.42. The van der Waals surface area contributed by atoms with Gasteiger partial charge < -0.3 is 5.11 Å². The fraction of sp³-hybridized carbons (Fsp3) is 0.571. The Morgan fingerprint density at radius 3 is 2.13 bits per heavy atom. The summed E-state index contributed by atoms with van der Waals surface area (Å²) >= 11 is 0. The van der Waals surface area contributed by atoms with Gasteiger partial charge in [-0.25, -0.2) is 0 Å². The molecule has 1 aromatic rings. The zero-order valence-corrected chi connectivity index (χ0v) is 9.61. The average molecular weight is 204 g/mol. The van der Waals surface area contributed by atoms with Gasteiger partial charge >= 0.3 is 0 Å². The molecule has 0 amide bonds. The predicted octanol–water partition coefficient (Wildman–Crippen LogP) is 3.33. The first-order chi connectivity index (χ1) is 7.15. The quantitative estimate of drug-likeness (QED) is 0.744. The van der Waals surface area contributed by atoms with Crippen molar-refractivity contribution in [2.45, 2.75) is 38.7 Å². The molecule has 0 spiro atoms. The summed E-state index contributed by atoms with van der Waals surface area (Å²) in [6.07, 6.45) is 3.52. The van der Waals surface area contributed by atoms with E-state index in [1.807, 2.05) is 18.2 Å². The van der Waals surface area contributed by atoms with Crippen LogP contribution in [0.1, 0.15) is 38.7 Å². The van der Waals surface area contributed by atoms with E-state index >= 15 is 0 Å². The molecule has 0 heterocycles. The number of benzene rings is 1. The number of rotatable bonds is 1. The zero-order chi connectivity index (χ0) is 10.9. The Kier molecular flexibility index (Phi) is 2.83. The SMILES string of the molecule is CC1CCCC(C)C1(O)c1ccccc1. The molecule has 0 radical (unpaired) electrons. The minimum absolute atomic E-state index is 0.364. The molecule has 2 atom stereocenters. The van der Waals surface area contributed by atoms with E-state index in [4.69, 9.17) is 0 Å². The van der Waals surface area contributed by atoms with Crippen LogP contribution in [0.5, 0.6) is 0 Å². The van der Waals surface area contributed by atoms with Crippen LogP contribution in [-0.4, -0.2) is 5.11 Å². The van der Waals surface area contributed by atoms with Gasteiger partial charge in [-0.05, 0) is 30.2 Å². The molecular weight excluding hydrogens is 184 g/mol. The van der Waals surface area contributed by atoms with Gasteiger partial charge in [0.05, 0.1) is 5.60 Å². The predicted molar refractivity (Wildman–Crippen MR) is 62.5 cm³/mol. The number of hydrogen-bond donors (Lipinski definition) is 1. The molecule has 0 aliphatic heterocycles. The highest BCUT2D eigenvalue weighted by Crippen LogP contribution is 2.45. The highest BCUT2D eigenvalue weighted by molar-refractivity contribution is 5.24. The van der Waals surface area contributed by atoms with Crippen LogP contribution in [-0.2, 0) is 5.60 Å². The smallest absolute Gasteiger partial charge is 0.0947 e. The molecule has 0 aromatic heterocycles. The van der Waals surface area contributed by atoms with Gasteiger partial charge in [0.25, 0.3) is 0 Å². The van der Waals surface area contributed by atoms with Crippen molar-refractivity contribution < 1.29 is 5.11 Å². The Hall–Kier alpha value is -0.820. The Morgan fingerprint density at radius 1 is 1.07 bits per heavy atom. The van der Waals surface area contributed by atoms with Gasteiger partial charge in [-0.1, -0.05) is 50.6 Å². The summed E-state index contributed by atoms with van der Waals surface area (Å²) < 4.78 is 0. The second-order valence-electron chi connectivity index (χ2n) is 4.92. The molecule has 1 heteroatoms. The lowest BCUT2D eigenvalue weighted by molar-refractivity contribution is -0.0892. The summed E-state index contributed by atoms with van der Waals surface area (Å²) in [6.45, 7) is 4.34. The van der Waals surface area contributed by atoms with Crippen molar-refractivity contribution >= 4 is 0 Å². The molecule has 2 rings (SSSR count). The summed E-state index contributed by atoms with van der Waals surface area (Å²) in [5.74, 6) is 0.729. The molecule has 82 valence electrons. The largest absolute Gasteiger partial charge is 0.385 e. The van der Waals surface area contributed by atoms with Crippen LogP contribution in [0.3, 0.4) is 0 Å². The lowest BCUT2D eigenvalue weighted by Crippen LogP contribution is -2.42. The average Bonchev–Trinajstić information content (AvgIpc) is 2.27. The first-order valence-electron chi connectivity index (χ1n) is 5.93. The standard InChI is InChI=1S/C14H20O/c1-11-7-6-8-12(2)14(11,15)13-9-4-3-5-10-13/h3-5,9-12,15H,6-8H2,1-2H3. The molecule has 1 saturated carbocycles. The van der Waals surface area contributed by atoms with Crippen molar-refractivity contribution in [1.29, 1.82) is 0 Å². The molecular formula is C14H20O. The van der Waals surface area contributed by atoms with E-state index in [-0.39, 0.29) is 0 Å². The molecule has 0 bridgehead atoms. The van der Waals surface area contributed by atoms with Crippen molar-refractivity contribution in [2.75, 3.05) is 0 Å². The van der Waals surface area contributed by atoms with Gasteiger partial charge in [0.15, 0.2) is 0 Å². The van der Waals surface area contributed by atoms with Crippen molar-refractivity contribution in [3.05, 3.63) is 35.9 Å². The monoisotopic (exact) mass is 204 g/mol. The summed E-state index contributed by atoms with van der Waals surface area (Å²) in [6, 6.07) is 10.1. The normalized spacial score (nSPS) is 36.5. The van der Waals surface area contributed by atoms with Crippen LogP contribution in [0.4, 0.5) is 0 Å². The van der Waals surface area contributed by atoms with E-state index in [0.717, 1.165) is 18.4 Å². The van der Waals surface area contributed by atoms with Crippen LogP contribution in [0.25, 0.3) is 0 Å². The van der Waals surface area contributed by atoms with Crippen molar-refractivity contribution in [3.63, 3.8) is 0 Å². The molecule has 15 heavy (non-hydrogen) atoms. The molecule has 1 aliphatic rings. The molecule has 0 saturated heterocycles. The van der Waals surface area contributed by atoms with Crippen molar-refractivity contribution in [3.8, 4) is 0 Å². The second kappa shape index (κ2) is 3.97. The first-order valence-corrected chi connectivity index (χ1v) is 5.93. The molecule has 2 unspecified atom stereocenters. The van der Waals surface area contributed by atoms with E-state index in [1.54, 1.807) is 0 Å². The summed E-state index contributed by atoms with van der Waals surface area (Å²) in [5.41, 5.74) is 0.476. The maximum atomic E-state index is 10.9. The fourth-order valence-electron chi connectivity index (χ4n) is 2.93. The van der Waals surface area contributed by atoms with Crippen LogP contribution in [0.2, 0.25) is 0 Å².